The Balaban J connectivity index is 5.60. The zero-order valence-electron chi connectivity index (χ0n) is 17.0. The molecule has 0 aromatic rings. The number of carbonyl (C=O) groups is 1. The van der Waals surface area contributed by atoms with Crippen LogP contribution in [0.3, 0.4) is 0 Å². The van der Waals surface area contributed by atoms with Crippen LogP contribution in [0.15, 0.2) is 0 Å². The summed E-state index contributed by atoms with van der Waals surface area (Å²) in [5, 5.41) is 0. The lowest BCUT2D eigenvalue weighted by Crippen LogP contribution is -2.51. The van der Waals surface area contributed by atoms with Crippen LogP contribution < -0.4 is 0 Å². The molecule has 0 saturated carbocycles. The van der Waals surface area contributed by atoms with Crippen LogP contribution in [-0.2, 0) is 19.6 Å². The van der Waals surface area contributed by atoms with E-state index in [2.05, 4.69) is 0 Å². The van der Waals surface area contributed by atoms with Gasteiger partial charge in [-0.05, 0) is 25.7 Å². The molecule has 1 unspecified atom stereocenters. The van der Waals surface area contributed by atoms with E-state index in [1.54, 1.807) is 26.0 Å². The van der Waals surface area contributed by atoms with Gasteiger partial charge in [0.15, 0.2) is 0 Å². The van der Waals surface area contributed by atoms with Crippen LogP contribution in [0.4, 0.5) is 0 Å². The first-order valence-corrected chi connectivity index (χ1v) is 10.1. The second kappa shape index (κ2) is 8.15. The molecule has 0 fully saturated rings. The van der Waals surface area contributed by atoms with E-state index in [4.69, 9.17) is 4.74 Å². The lowest BCUT2D eigenvalue weighted by Gasteiger charge is -2.43. The molecule has 144 valence electrons. The van der Waals surface area contributed by atoms with Crippen LogP contribution in [-0.4, -0.2) is 69.7 Å². The zero-order chi connectivity index (χ0) is 19.5. The summed E-state index contributed by atoms with van der Waals surface area (Å²) >= 11 is 0. The van der Waals surface area contributed by atoms with Gasteiger partial charge in [-0.25, -0.2) is 8.42 Å². The van der Waals surface area contributed by atoms with Gasteiger partial charge in [-0.3, -0.25) is 4.79 Å². The molecule has 1 atom stereocenters. The minimum Gasteiger partial charge on any atom is -0.377 e. The Morgan fingerprint density at radius 2 is 1.54 bits per heavy atom. The average molecular weight is 365 g/mol. The number of amides is 1. The molecule has 0 aromatic carbocycles. The summed E-state index contributed by atoms with van der Waals surface area (Å²) in [4.78, 5) is 14.0. The van der Waals surface area contributed by atoms with Crippen molar-refractivity contribution >= 4 is 15.9 Å². The summed E-state index contributed by atoms with van der Waals surface area (Å²) in [5.74, 6) is 0.0288. The molecule has 0 saturated heterocycles. The van der Waals surface area contributed by atoms with Gasteiger partial charge in [0.05, 0.1) is 25.0 Å². The van der Waals surface area contributed by atoms with E-state index in [-0.39, 0.29) is 18.1 Å². The van der Waals surface area contributed by atoms with E-state index >= 15 is 0 Å². The van der Waals surface area contributed by atoms with Gasteiger partial charge in [-0.15, -0.1) is 0 Å². The average Bonchev–Trinajstić information content (AvgIpc) is 2.34. The molecule has 7 heteroatoms. The normalized spacial score (nSPS) is 15.0. The third-order valence-electron chi connectivity index (χ3n) is 4.33. The van der Waals surface area contributed by atoms with Crippen molar-refractivity contribution in [3.8, 4) is 0 Å². The number of sulfonamides is 1. The monoisotopic (exact) mass is 364 g/mol. The fraction of sp³-hybridized carbons (Fsp3) is 0.941. The minimum absolute atomic E-state index is 0.00711. The van der Waals surface area contributed by atoms with Crippen LogP contribution in [0.25, 0.3) is 0 Å². The second-order valence-corrected chi connectivity index (χ2v) is 10.5. The summed E-state index contributed by atoms with van der Waals surface area (Å²) in [6.07, 6.45) is 1.75. The molecule has 0 aromatic heterocycles. The molecule has 0 bridgehead atoms. The highest BCUT2D eigenvalue weighted by Crippen LogP contribution is 2.39. The number of rotatable bonds is 9. The first-order chi connectivity index (χ1) is 10.5. The van der Waals surface area contributed by atoms with Crippen LogP contribution in [0.2, 0.25) is 0 Å². The zero-order valence-corrected chi connectivity index (χ0v) is 17.8. The lowest BCUT2D eigenvalue weighted by molar-refractivity contribution is -0.140. The van der Waals surface area contributed by atoms with E-state index in [0.29, 0.717) is 13.0 Å². The Morgan fingerprint density at radius 1 is 1.08 bits per heavy atom. The van der Waals surface area contributed by atoms with Crippen molar-refractivity contribution in [1.29, 1.82) is 0 Å². The molecule has 0 spiro atoms. The smallest absolute Gasteiger partial charge is 0.227 e. The topological polar surface area (TPSA) is 66.9 Å². The highest BCUT2D eigenvalue weighted by molar-refractivity contribution is 7.88. The van der Waals surface area contributed by atoms with Crippen molar-refractivity contribution in [1.82, 2.24) is 9.21 Å². The van der Waals surface area contributed by atoms with Crippen LogP contribution >= 0.6 is 0 Å². The Labute approximate surface area is 148 Å². The molecule has 6 nitrogen and oxygen atoms in total. The van der Waals surface area contributed by atoms with Gasteiger partial charge < -0.3 is 9.64 Å². The van der Waals surface area contributed by atoms with Gasteiger partial charge in [0, 0.05) is 26.6 Å². The molecular weight excluding hydrogens is 328 g/mol. The van der Waals surface area contributed by atoms with Crippen molar-refractivity contribution in [2.45, 2.75) is 60.1 Å². The Bertz CT molecular complexity index is 525. The standard InChI is InChI=1S/C17H36N2O4S/c1-13(2)23-11-14(19(9)24(10,21)22)16(3,4)12-17(5,6)15(20)18(7)8/h13-14H,11-12H2,1-10H3. The van der Waals surface area contributed by atoms with Crippen molar-refractivity contribution in [3.05, 3.63) is 0 Å². The van der Waals surface area contributed by atoms with Gasteiger partial charge in [-0.1, -0.05) is 27.7 Å². The molecule has 0 N–H and O–H groups in total. The number of likely N-dealkylation sites (N-methyl/N-ethyl adjacent to an activating group) is 1. The summed E-state index contributed by atoms with van der Waals surface area (Å²) in [5.41, 5.74) is -1.04. The van der Waals surface area contributed by atoms with Crippen LogP contribution in [0.1, 0.15) is 48.0 Å². The highest BCUT2D eigenvalue weighted by Gasteiger charge is 2.43. The van der Waals surface area contributed by atoms with Crippen molar-refractivity contribution in [2.24, 2.45) is 10.8 Å². The van der Waals surface area contributed by atoms with E-state index < -0.39 is 20.9 Å². The number of ether oxygens (including phenoxy) is 1. The van der Waals surface area contributed by atoms with Gasteiger partial charge in [0.2, 0.25) is 15.9 Å². The third-order valence-corrected chi connectivity index (χ3v) is 5.63. The summed E-state index contributed by atoms with van der Waals surface area (Å²) in [6.45, 7) is 11.9. The fourth-order valence-electron chi connectivity index (χ4n) is 3.28. The van der Waals surface area contributed by atoms with Crippen molar-refractivity contribution in [2.75, 3.05) is 34.0 Å². The summed E-state index contributed by atoms with van der Waals surface area (Å²) < 4.78 is 31.2. The summed E-state index contributed by atoms with van der Waals surface area (Å²) in [7, 11) is 1.68. The van der Waals surface area contributed by atoms with Gasteiger partial charge in [-0.2, -0.15) is 4.31 Å². The molecule has 0 heterocycles. The maximum atomic E-state index is 12.5. The molecular formula is C17H36N2O4S. The Hall–Kier alpha value is -0.660. The fourth-order valence-corrected chi connectivity index (χ4v) is 4.08. The first-order valence-electron chi connectivity index (χ1n) is 8.28. The van der Waals surface area contributed by atoms with E-state index in [9.17, 15) is 13.2 Å². The molecule has 0 aliphatic carbocycles. The Morgan fingerprint density at radius 3 is 1.88 bits per heavy atom. The van der Waals surface area contributed by atoms with Crippen LogP contribution in [0, 0.1) is 10.8 Å². The molecule has 1 amide bonds. The van der Waals surface area contributed by atoms with Gasteiger partial charge in [0.25, 0.3) is 0 Å². The van der Waals surface area contributed by atoms with Crippen molar-refractivity contribution in [3.63, 3.8) is 0 Å². The number of nitrogens with zero attached hydrogens (tertiary/aromatic N) is 2. The predicted octanol–water partition coefficient (Wildman–Crippen LogP) is 2.20. The van der Waals surface area contributed by atoms with Gasteiger partial charge in [0.1, 0.15) is 0 Å². The van der Waals surface area contributed by atoms with Gasteiger partial charge >= 0.3 is 0 Å². The molecule has 24 heavy (non-hydrogen) atoms. The van der Waals surface area contributed by atoms with E-state index in [1.807, 2.05) is 41.5 Å². The minimum atomic E-state index is -3.37. The Kier molecular flexibility index (Phi) is 7.92. The third kappa shape index (κ3) is 6.69. The number of carbonyl (C=O) groups excluding carboxylic acids is 1. The van der Waals surface area contributed by atoms with Crippen molar-refractivity contribution < 1.29 is 17.9 Å². The largest absolute Gasteiger partial charge is 0.377 e. The molecule has 0 aliphatic heterocycles. The quantitative estimate of drug-likeness (QED) is 0.629. The maximum Gasteiger partial charge on any atom is 0.227 e. The van der Waals surface area contributed by atoms with E-state index in [0.717, 1.165) is 0 Å². The SMILES string of the molecule is CC(C)OCC(N(C)S(C)(=O)=O)C(C)(C)CC(C)(C)C(=O)N(C)C. The predicted molar refractivity (Wildman–Crippen MR) is 98.4 cm³/mol. The number of hydrogen-bond donors (Lipinski definition) is 0. The molecule has 0 rings (SSSR count). The lowest BCUT2D eigenvalue weighted by atomic mass is 9.70. The summed E-state index contributed by atoms with van der Waals surface area (Å²) in [6, 6.07) is -0.357. The first kappa shape index (κ1) is 23.3. The highest BCUT2D eigenvalue weighted by atomic mass is 32.2. The van der Waals surface area contributed by atoms with Crippen LogP contribution in [0.5, 0.6) is 0 Å². The van der Waals surface area contributed by atoms with E-state index in [1.165, 1.54) is 10.6 Å². The second-order valence-electron chi connectivity index (χ2n) is 8.43. The molecule has 0 radical (unpaired) electrons. The maximum absolute atomic E-state index is 12.5. The number of hydrogen-bond acceptors (Lipinski definition) is 4. The molecule has 0 aliphatic rings.